The highest BCUT2D eigenvalue weighted by Gasteiger charge is 2.27. The Morgan fingerprint density at radius 1 is 1.19 bits per heavy atom. The third-order valence-electron chi connectivity index (χ3n) is 3.61. The van der Waals surface area contributed by atoms with E-state index in [1.165, 1.54) is 26.4 Å². The van der Waals surface area contributed by atoms with E-state index in [9.17, 15) is 19.1 Å². The van der Waals surface area contributed by atoms with Gasteiger partial charge in [0.2, 0.25) is 11.3 Å². The zero-order chi connectivity index (χ0) is 19.8. The summed E-state index contributed by atoms with van der Waals surface area (Å²) in [4.78, 5) is 35.6. The van der Waals surface area contributed by atoms with Gasteiger partial charge >= 0.3 is 7.60 Å². The van der Waals surface area contributed by atoms with Crippen LogP contribution in [0.3, 0.4) is 0 Å². The second-order valence-corrected chi connectivity index (χ2v) is 7.87. The first kappa shape index (κ1) is 19.1. The molecule has 142 valence electrons. The fourth-order valence-corrected chi connectivity index (χ4v) is 3.66. The van der Waals surface area contributed by atoms with Crippen LogP contribution in [0.25, 0.3) is 11.5 Å². The number of nitrogens with two attached hydrogens (primary N) is 1. The Hall–Kier alpha value is -2.65. The zero-order valence-corrected chi connectivity index (χ0v) is 15.9. The first-order valence-electron chi connectivity index (χ1n) is 7.44. The maximum Gasteiger partial charge on any atom is 0.391 e. The maximum atomic E-state index is 12.9. The quantitative estimate of drug-likeness (QED) is 0.410. The van der Waals surface area contributed by atoms with E-state index in [0.29, 0.717) is 17.1 Å². The van der Waals surface area contributed by atoms with Gasteiger partial charge in [0.25, 0.3) is 0 Å². The molecule has 2 aromatic heterocycles. The molecule has 1 aromatic carbocycles. The number of methoxy groups -OCH3 is 2. The molecule has 0 aliphatic heterocycles. The number of hydrogen-bond donors (Lipinski definition) is 3. The molecule has 0 atom stereocenters. The summed E-state index contributed by atoms with van der Waals surface area (Å²) in [5, 5.41) is 0.114. The van der Waals surface area contributed by atoms with Crippen LogP contribution in [-0.4, -0.2) is 34.8 Å². The van der Waals surface area contributed by atoms with Gasteiger partial charge in [0.05, 0.1) is 14.2 Å². The van der Waals surface area contributed by atoms with Gasteiger partial charge in [-0.2, -0.15) is 0 Å². The van der Waals surface area contributed by atoms with E-state index in [-0.39, 0.29) is 21.5 Å². The van der Waals surface area contributed by atoms with Gasteiger partial charge in [-0.05, 0) is 30.3 Å². The average Bonchev–Trinajstić information content (AvgIpc) is 3.26. The number of ketones is 1. The van der Waals surface area contributed by atoms with Crippen LogP contribution >= 0.6 is 18.9 Å². The third kappa shape index (κ3) is 3.74. The number of ether oxygens (including phenoxy) is 2. The number of hydrogen-bond acceptors (Lipinski definition) is 8. The van der Waals surface area contributed by atoms with Crippen molar-refractivity contribution in [1.29, 1.82) is 0 Å². The Kier molecular flexibility index (Phi) is 5.07. The fourth-order valence-electron chi connectivity index (χ4n) is 2.38. The molecule has 11 heteroatoms. The molecule has 3 rings (SSSR count). The van der Waals surface area contributed by atoms with Crippen LogP contribution in [-0.2, 0) is 4.57 Å². The van der Waals surface area contributed by atoms with Crippen molar-refractivity contribution in [2.75, 3.05) is 20.0 Å². The Morgan fingerprint density at radius 3 is 2.48 bits per heavy atom. The normalized spacial score (nSPS) is 11.4. The Bertz CT molecular complexity index is 1050. The van der Waals surface area contributed by atoms with Crippen molar-refractivity contribution < 1.29 is 33.0 Å². The molecule has 0 aliphatic carbocycles. The smallest absolute Gasteiger partial charge is 0.391 e. The van der Waals surface area contributed by atoms with Crippen LogP contribution < -0.4 is 20.7 Å². The van der Waals surface area contributed by atoms with Crippen LogP contribution in [0.1, 0.15) is 15.2 Å². The molecule has 0 saturated heterocycles. The molecule has 9 nitrogen and oxygen atoms in total. The SMILES string of the molecule is COc1ccc(C(=O)c2sc(N)nc2-c2ccc(P(=O)(O)O)o2)cc1OC. The highest BCUT2D eigenvalue weighted by atomic mass is 32.1. The number of benzene rings is 1. The van der Waals surface area contributed by atoms with Crippen LogP contribution in [0.5, 0.6) is 11.5 Å². The highest BCUT2D eigenvalue weighted by Crippen LogP contribution is 2.38. The average molecular weight is 410 g/mol. The molecule has 0 bridgehead atoms. The number of anilines is 1. The monoisotopic (exact) mass is 410 g/mol. The van der Waals surface area contributed by atoms with Crippen LogP contribution in [0, 0.1) is 0 Å². The van der Waals surface area contributed by atoms with Gasteiger partial charge in [0.1, 0.15) is 10.6 Å². The van der Waals surface area contributed by atoms with E-state index in [0.717, 1.165) is 17.4 Å². The molecule has 0 amide bonds. The van der Waals surface area contributed by atoms with E-state index < -0.39 is 18.9 Å². The molecule has 0 radical (unpaired) electrons. The molecular formula is C16H15N2O7PS. The number of aromatic nitrogens is 1. The van der Waals surface area contributed by atoms with Gasteiger partial charge < -0.3 is 29.4 Å². The lowest BCUT2D eigenvalue weighted by Gasteiger charge is -2.08. The maximum absolute atomic E-state index is 12.9. The van der Waals surface area contributed by atoms with E-state index in [1.807, 2.05) is 0 Å². The summed E-state index contributed by atoms with van der Waals surface area (Å²) in [5.74, 6) is 0.485. The lowest BCUT2D eigenvalue weighted by molar-refractivity contribution is 0.104. The van der Waals surface area contributed by atoms with Gasteiger partial charge in [0.15, 0.2) is 22.4 Å². The number of nitrogens with zero attached hydrogens (tertiary/aromatic N) is 1. The van der Waals surface area contributed by atoms with E-state index in [2.05, 4.69) is 4.98 Å². The topological polar surface area (TPSA) is 145 Å². The van der Waals surface area contributed by atoms with Crippen molar-refractivity contribution in [3.05, 3.63) is 40.8 Å². The van der Waals surface area contributed by atoms with Crippen molar-refractivity contribution in [3.63, 3.8) is 0 Å². The van der Waals surface area contributed by atoms with Gasteiger partial charge in [-0.15, -0.1) is 0 Å². The minimum absolute atomic E-state index is 0.0325. The van der Waals surface area contributed by atoms with Gasteiger partial charge in [-0.25, -0.2) is 4.98 Å². The first-order valence-corrected chi connectivity index (χ1v) is 9.87. The van der Waals surface area contributed by atoms with Crippen molar-refractivity contribution in [2.45, 2.75) is 0 Å². The number of carbonyl (C=O) groups excluding carboxylic acids is 1. The molecule has 0 spiro atoms. The second-order valence-electron chi connectivity index (χ2n) is 5.31. The molecule has 0 saturated carbocycles. The summed E-state index contributed by atoms with van der Waals surface area (Å²) < 4.78 is 26.9. The van der Waals surface area contributed by atoms with Crippen molar-refractivity contribution >= 4 is 35.3 Å². The summed E-state index contributed by atoms with van der Waals surface area (Å²) in [6, 6.07) is 7.14. The largest absolute Gasteiger partial charge is 0.493 e. The van der Waals surface area contributed by atoms with Crippen LogP contribution in [0.4, 0.5) is 5.13 Å². The van der Waals surface area contributed by atoms with Crippen LogP contribution in [0.15, 0.2) is 34.7 Å². The molecule has 0 fully saturated rings. The van der Waals surface area contributed by atoms with Gasteiger partial charge in [0, 0.05) is 5.56 Å². The first-order chi connectivity index (χ1) is 12.7. The summed E-state index contributed by atoms with van der Waals surface area (Å²) >= 11 is 0.943. The fraction of sp³-hybridized carbons (Fsp3) is 0.125. The van der Waals surface area contributed by atoms with Crippen molar-refractivity contribution in [2.24, 2.45) is 0 Å². The van der Waals surface area contributed by atoms with Crippen molar-refractivity contribution in [1.82, 2.24) is 4.98 Å². The van der Waals surface area contributed by atoms with Crippen molar-refractivity contribution in [3.8, 4) is 23.0 Å². The molecule has 0 unspecified atom stereocenters. The summed E-state index contributed by atoms with van der Waals surface area (Å²) in [7, 11) is -1.63. The molecule has 0 aliphatic rings. The molecule has 2 heterocycles. The van der Waals surface area contributed by atoms with Crippen LogP contribution in [0.2, 0.25) is 0 Å². The minimum Gasteiger partial charge on any atom is -0.493 e. The zero-order valence-electron chi connectivity index (χ0n) is 14.2. The predicted octanol–water partition coefficient (Wildman–Crippen LogP) is 2.04. The molecule has 4 N–H and O–H groups in total. The van der Waals surface area contributed by atoms with Gasteiger partial charge in [-0.3, -0.25) is 9.36 Å². The lowest BCUT2D eigenvalue weighted by atomic mass is 10.1. The van der Waals surface area contributed by atoms with E-state index in [1.54, 1.807) is 12.1 Å². The number of rotatable bonds is 6. The Balaban J connectivity index is 2.05. The number of thiazole rings is 1. The predicted molar refractivity (Wildman–Crippen MR) is 98.9 cm³/mol. The van der Waals surface area contributed by atoms with E-state index in [4.69, 9.17) is 19.6 Å². The summed E-state index contributed by atoms with van der Waals surface area (Å²) in [6.45, 7) is 0. The Morgan fingerprint density at radius 2 is 1.89 bits per heavy atom. The number of carbonyl (C=O) groups is 1. The third-order valence-corrected chi connectivity index (χ3v) is 5.31. The minimum atomic E-state index is -4.57. The second kappa shape index (κ2) is 7.16. The Labute approximate surface area is 157 Å². The summed E-state index contributed by atoms with van der Waals surface area (Å²) in [6.07, 6.45) is 0. The number of nitrogen functional groups attached to an aromatic ring is 1. The lowest BCUT2D eigenvalue weighted by Crippen LogP contribution is -2.02. The molecule has 27 heavy (non-hydrogen) atoms. The highest BCUT2D eigenvalue weighted by molar-refractivity contribution is 7.59. The molecular weight excluding hydrogens is 395 g/mol. The number of furan rings is 1. The standard InChI is InChI=1S/C16H15N2O7PS/c1-23-9-4-3-8(7-11(9)24-2)14(19)15-13(18-16(17)27-15)10-5-6-12(25-10)26(20,21)22/h3-7H,1-2H3,(H2,17,18)(H2,20,21,22). The summed E-state index contributed by atoms with van der Waals surface area (Å²) in [5.41, 5.74) is 5.64. The van der Waals surface area contributed by atoms with Gasteiger partial charge in [-0.1, -0.05) is 11.3 Å². The molecule has 3 aromatic rings. The van der Waals surface area contributed by atoms with E-state index >= 15 is 0 Å².